The summed E-state index contributed by atoms with van der Waals surface area (Å²) >= 11 is 0. The standard InChI is InChI=1S/C21H24O6/c1-6-17(24-26-20(22)18-13(2)9-7-10-14(18)3)25-27-21(23)19-15(4)11-8-12-16(19)5/h7-12,17H,6H2,1-5H3. The Hall–Kier alpha value is -2.70. The van der Waals surface area contributed by atoms with Crippen LogP contribution in [0.2, 0.25) is 0 Å². The van der Waals surface area contributed by atoms with Crippen LogP contribution < -0.4 is 0 Å². The smallest absolute Gasteiger partial charge is 0.290 e. The van der Waals surface area contributed by atoms with Gasteiger partial charge in [0.15, 0.2) is 0 Å². The van der Waals surface area contributed by atoms with Crippen molar-refractivity contribution in [3.63, 3.8) is 0 Å². The van der Waals surface area contributed by atoms with Gasteiger partial charge in [-0.1, -0.05) is 43.3 Å². The van der Waals surface area contributed by atoms with Crippen LogP contribution >= 0.6 is 0 Å². The molecule has 2 rings (SSSR count). The lowest BCUT2D eigenvalue weighted by Gasteiger charge is -2.15. The van der Waals surface area contributed by atoms with Gasteiger partial charge in [-0.05, 0) is 49.9 Å². The molecule has 2 aromatic carbocycles. The first-order valence-corrected chi connectivity index (χ1v) is 8.72. The number of carbonyl (C=O) groups excluding carboxylic acids is 2. The van der Waals surface area contributed by atoms with Crippen molar-refractivity contribution in [1.29, 1.82) is 0 Å². The second-order valence-corrected chi connectivity index (χ2v) is 6.31. The number of hydrogen-bond acceptors (Lipinski definition) is 6. The molecule has 2 aromatic rings. The van der Waals surface area contributed by atoms with Gasteiger partial charge in [0.2, 0.25) is 6.29 Å². The van der Waals surface area contributed by atoms with Crippen molar-refractivity contribution in [2.24, 2.45) is 0 Å². The quantitative estimate of drug-likeness (QED) is 0.404. The van der Waals surface area contributed by atoms with E-state index >= 15 is 0 Å². The van der Waals surface area contributed by atoms with E-state index in [9.17, 15) is 9.59 Å². The monoisotopic (exact) mass is 372 g/mol. The van der Waals surface area contributed by atoms with E-state index in [1.807, 2.05) is 64.1 Å². The first-order valence-electron chi connectivity index (χ1n) is 8.72. The summed E-state index contributed by atoms with van der Waals surface area (Å²) in [5.41, 5.74) is 3.97. The second-order valence-electron chi connectivity index (χ2n) is 6.31. The van der Waals surface area contributed by atoms with Gasteiger partial charge in [0, 0.05) is 6.42 Å². The van der Waals surface area contributed by atoms with Crippen molar-refractivity contribution in [3.8, 4) is 0 Å². The van der Waals surface area contributed by atoms with Crippen LogP contribution in [0.15, 0.2) is 36.4 Å². The van der Waals surface area contributed by atoms with E-state index in [0.717, 1.165) is 22.3 Å². The summed E-state index contributed by atoms with van der Waals surface area (Å²) in [6, 6.07) is 10.9. The Labute approximate surface area is 158 Å². The second kappa shape index (κ2) is 9.30. The van der Waals surface area contributed by atoms with E-state index in [2.05, 4.69) is 0 Å². The van der Waals surface area contributed by atoms with E-state index in [4.69, 9.17) is 19.6 Å². The number of hydrogen-bond donors (Lipinski definition) is 0. The maximum absolute atomic E-state index is 12.2. The molecule has 0 atom stereocenters. The molecule has 0 unspecified atom stereocenters. The number of rotatable bonds is 7. The van der Waals surface area contributed by atoms with Crippen LogP contribution in [0.25, 0.3) is 0 Å². The molecule has 0 amide bonds. The molecule has 0 fully saturated rings. The lowest BCUT2D eigenvalue weighted by atomic mass is 10.0. The summed E-state index contributed by atoms with van der Waals surface area (Å²) in [7, 11) is 0. The van der Waals surface area contributed by atoms with Gasteiger partial charge in [0.05, 0.1) is 11.1 Å². The van der Waals surface area contributed by atoms with Crippen molar-refractivity contribution in [1.82, 2.24) is 0 Å². The highest BCUT2D eigenvalue weighted by Crippen LogP contribution is 2.17. The van der Waals surface area contributed by atoms with E-state index in [1.165, 1.54) is 0 Å². The van der Waals surface area contributed by atoms with Gasteiger partial charge in [-0.3, -0.25) is 9.78 Å². The SMILES string of the molecule is CCC(OOC(=O)c1c(C)cccc1C)OOC(=O)c1c(C)cccc1C. The van der Waals surface area contributed by atoms with Gasteiger partial charge in [-0.25, -0.2) is 9.59 Å². The molecule has 0 radical (unpaired) electrons. The Morgan fingerprint density at radius 2 is 1.07 bits per heavy atom. The number of carbonyl (C=O) groups is 2. The third-order valence-corrected chi connectivity index (χ3v) is 4.17. The molecule has 6 heteroatoms. The van der Waals surface area contributed by atoms with Crippen molar-refractivity contribution in [2.75, 3.05) is 0 Å². The molecule has 0 heterocycles. The topological polar surface area (TPSA) is 71.1 Å². The fourth-order valence-corrected chi connectivity index (χ4v) is 2.70. The van der Waals surface area contributed by atoms with Crippen molar-refractivity contribution in [2.45, 2.75) is 47.3 Å². The van der Waals surface area contributed by atoms with Crippen LogP contribution in [0.3, 0.4) is 0 Å². The highest BCUT2D eigenvalue weighted by Gasteiger charge is 2.21. The van der Waals surface area contributed by atoms with Crippen molar-refractivity contribution >= 4 is 11.9 Å². The van der Waals surface area contributed by atoms with Gasteiger partial charge in [0.25, 0.3) is 0 Å². The van der Waals surface area contributed by atoms with Gasteiger partial charge in [-0.2, -0.15) is 0 Å². The molecule has 0 aromatic heterocycles. The van der Waals surface area contributed by atoms with Crippen molar-refractivity contribution in [3.05, 3.63) is 69.8 Å². The summed E-state index contributed by atoms with van der Waals surface area (Å²) in [5.74, 6) is -1.26. The van der Waals surface area contributed by atoms with E-state index in [1.54, 1.807) is 6.92 Å². The maximum atomic E-state index is 12.2. The van der Waals surface area contributed by atoms with E-state index < -0.39 is 18.2 Å². The molecule has 27 heavy (non-hydrogen) atoms. The van der Waals surface area contributed by atoms with Crippen molar-refractivity contribution < 1.29 is 29.1 Å². The Bertz CT molecular complexity index is 719. The molecular formula is C21H24O6. The third-order valence-electron chi connectivity index (χ3n) is 4.17. The van der Waals surface area contributed by atoms with Gasteiger partial charge >= 0.3 is 11.9 Å². The molecule has 0 saturated heterocycles. The lowest BCUT2D eigenvalue weighted by Crippen LogP contribution is -2.22. The summed E-state index contributed by atoms with van der Waals surface area (Å²) in [6.07, 6.45) is -0.730. The highest BCUT2D eigenvalue weighted by atomic mass is 17.3. The van der Waals surface area contributed by atoms with Crippen LogP contribution in [-0.2, 0) is 19.6 Å². The Morgan fingerprint density at radius 1 is 0.741 bits per heavy atom. The first kappa shape index (κ1) is 20.6. The molecule has 0 aliphatic rings. The zero-order valence-corrected chi connectivity index (χ0v) is 16.2. The zero-order chi connectivity index (χ0) is 20.0. The number of aryl methyl sites for hydroxylation is 4. The van der Waals surface area contributed by atoms with Crippen LogP contribution in [-0.4, -0.2) is 18.2 Å². The minimum absolute atomic E-state index is 0.306. The molecule has 0 saturated carbocycles. The Kier molecular flexibility index (Phi) is 7.10. The predicted molar refractivity (Wildman–Crippen MR) is 98.9 cm³/mol. The lowest BCUT2D eigenvalue weighted by molar-refractivity contribution is -0.420. The van der Waals surface area contributed by atoms with Crippen LogP contribution in [0.1, 0.15) is 56.3 Å². The fraction of sp³-hybridized carbons (Fsp3) is 0.333. The molecule has 6 nitrogen and oxygen atoms in total. The van der Waals surface area contributed by atoms with Gasteiger partial charge in [0.1, 0.15) is 0 Å². The number of benzene rings is 2. The Morgan fingerprint density at radius 3 is 1.37 bits per heavy atom. The van der Waals surface area contributed by atoms with Gasteiger partial charge < -0.3 is 0 Å². The minimum atomic E-state index is -1.04. The summed E-state index contributed by atoms with van der Waals surface area (Å²) in [4.78, 5) is 44.3. The molecule has 0 bridgehead atoms. The first-order chi connectivity index (χ1) is 12.8. The zero-order valence-electron chi connectivity index (χ0n) is 16.2. The fourth-order valence-electron chi connectivity index (χ4n) is 2.70. The molecule has 0 aliphatic heterocycles. The van der Waals surface area contributed by atoms with Crippen LogP contribution in [0, 0.1) is 27.7 Å². The summed E-state index contributed by atoms with van der Waals surface area (Å²) in [5, 5.41) is 0. The summed E-state index contributed by atoms with van der Waals surface area (Å²) in [6.45, 7) is 8.98. The van der Waals surface area contributed by atoms with Crippen LogP contribution in [0.4, 0.5) is 0 Å². The Balaban J connectivity index is 1.94. The summed E-state index contributed by atoms with van der Waals surface area (Å²) < 4.78 is 0. The normalized spacial score (nSPS) is 10.7. The van der Waals surface area contributed by atoms with Gasteiger partial charge in [-0.15, -0.1) is 9.78 Å². The average molecular weight is 372 g/mol. The van der Waals surface area contributed by atoms with E-state index in [-0.39, 0.29) is 0 Å². The molecular weight excluding hydrogens is 348 g/mol. The molecule has 144 valence electrons. The molecule has 0 N–H and O–H groups in total. The predicted octanol–water partition coefficient (Wildman–Crippen LogP) is 4.53. The maximum Gasteiger partial charge on any atom is 0.373 e. The highest BCUT2D eigenvalue weighted by molar-refractivity contribution is 5.92. The van der Waals surface area contributed by atoms with Crippen LogP contribution in [0.5, 0.6) is 0 Å². The average Bonchev–Trinajstić information content (AvgIpc) is 2.61. The third kappa shape index (κ3) is 5.15. The minimum Gasteiger partial charge on any atom is -0.290 e. The largest absolute Gasteiger partial charge is 0.373 e. The molecule has 0 spiro atoms. The molecule has 0 aliphatic carbocycles. The van der Waals surface area contributed by atoms with E-state index in [0.29, 0.717) is 17.5 Å².